The molecular weight excluding hydrogens is 334 g/mol. The summed E-state index contributed by atoms with van der Waals surface area (Å²) in [5, 5.41) is 22.3. The molecule has 0 bridgehead atoms. The molecule has 0 aromatic heterocycles. The average molecular weight is 356 g/mol. The largest absolute Gasteiger partial charge is 0.396 e. The van der Waals surface area contributed by atoms with Gasteiger partial charge >= 0.3 is 0 Å². The number of hydrogen-bond acceptors (Lipinski definition) is 4. The fraction of sp³-hybridized carbons (Fsp3) is 0.350. The van der Waals surface area contributed by atoms with Crippen molar-refractivity contribution in [2.75, 3.05) is 29.9 Å². The maximum atomic E-state index is 9.24. The highest BCUT2D eigenvalue weighted by Gasteiger charge is 2.18. The number of anilines is 2. The molecule has 0 unspecified atom stereocenters. The Balaban J connectivity index is 1.59. The number of nitriles is 1. The van der Waals surface area contributed by atoms with Gasteiger partial charge in [0.25, 0.3) is 0 Å². The van der Waals surface area contributed by atoms with Crippen molar-refractivity contribution in [1.82, 2.24) is 0 Å². The van der Waals surface area contributed by atoms with Crippen LogP contribution in [0.3, 0.4) is 0 Å². The van der Waals surface area contributed by atoms with Gasteiger partial charge in [-0.05, 0) is 54.7 Å². The molecule has 25 heavy (non-hydrogen) atoms. The normalized spacial score (nSPS) is 15.0. The van der Waals surface area contributed by atoms with E-state index in [-0.39, 0.29) is 0 Å². The van der Waals surface area contributed by atoms with Crippen molar-refractivity contribution in [2.24, 2.45) is 5.92 Å². The minimum Gasteiger partial charge on any atom is -0.396 e. The molecule has 0 radical (unpaired) electrons. The van der Waals surface area contributed by atoms with E-state index in [9.17, 15) is 10.4 Å². The van der Waals surface area contributed by atoms with Crippen LogP contribution in [0.5, 0.6) is 0 Å². The molecular formula is C20H22ClN3O. The number of halogens is 1. The predicted octanol–water partition coefficient (Wildman–Crippen LogP) is 4.03. The van der Waals surface area contributed by atoms with Crippen molar-refractivity contribution in [3.63, 3.8) is 0 Å². The predicted molar refractivity (Wildman–Crippen MR) is 102 cm³/mol. The zero-order valence-electron chi connectivity index (χ0n) is 14.1. The second kappa shape index (κ2) is 8.24. The van der Waals surface area contributed by atoms with Crippen molar-refractivity contribution in [1.29, 1.82) is 5.26 Å². The number of piperidine rings is 1. The van der Waals surface area contributed by atoms with Gasteiger partial charge in [0.2, 0.25) is 0 Å². The summed E-state index contributed by atoms with van der Waals surface area (Å²) in [6.45, 7) is 2.95. The van der Waals surface area contributed by atoms with Crippen molar-refractivity contribution >= 4 is 23.0 Å². The van der Waals surface area contributed by atoms with Gasteiger partial charge in [-0.1, -0.05) is 23.7 Å². The SMILES string of the molecule is N#Cc1cc(Cl)ccc1NCc1ccc(N2CCC(CO)CC2)cc1. The average Bonchev–Trinajstić information content (AvgIpc) is 2.67. The van der Waals surface area contributed by atoms with Gasteiger partial charge in [-0.3, -0.25) is 0 Å². The van der Waals surface area contributed by atoms with Crippen LogP contribution in [0.15, 0.2) is 42.5 Å². The molecule has 1 heterocycles. The molecule has 1 aliphatic rings. The van der Waals surface area contributed by atoms with Crippen molar-refractivity contribution in [3.8, 4) is 6.07 Å². The van der Waals surface area contributed by atoms with Gasteiger partial charge in [0.15, 0.2) is 0 Å². The molecule has 0 atom stereocenters. The summed E-state index contributed by atoms with van der Waals surface area (Å²) < 4.78 is 0. The van der Waals surface area contributed by atoms with E-state index >= 15 is 0 Å². The summed E-state index contributed by atoms with van der Waals surface area (Å²) in [6, 6.07) is 16.0. The number of nitrogens with zero attached hydrogens (tertiary/aromatic N) is 2. The van der Waals surface area contributed by atoms with Gasteiger partial charge in [-0.25, -0.2) is 0 Å². The summed E-state index contributed by atoms with van der Waals surface area (Å²) >= 11 is 5.92. The Kier molecular flexibility index (Phi) is 5.80. The summed E-state index contributed by atoms with van der Waals surface area (Å²) in [7, 11) is 0. The van der Waals surface area contributed by atoms with E-state index in [2.05, 4.69) is 40.6 Å². The Morgan fingerprint density at radius 2 is 1.88 bits per heavy atom. The Bertz CT molecular complexity index is 747. The number of nitrogens with one attached hydrogen (secondary N) is 1. The van der Waals surface area contributed by atoms with Crippen LogP contribution in [0.25, 0.3) is 0 Å². The van der Waals surface area contributed by atoms with Gasteiger partial charge in [-0.2, -0.15) is 5.26 Å². The van der Waals surface area contributed by atoms with Crippen LogP contribution < -0.4 is 10.2 Å². The quantitative estimate of drug-likeness (QED) is 0.850. The second-order valence-corrected chi connectivity index (χ2v) is 6.87. The van der Waals surface area contributed by atoms with Gasteiger partial charge in [0.05, 0.1) is 11.3 Å². The third kappa shape index (κ3) is 4.45. The minimum atomic E-state index is 0.299. The Labute approximate surface area is 153 Å². The first-order valence-electron chi connectivity index (χ1n) is 8.58. The van der Waals surface area contributed by atoms with Crippen LogP contribution in [-0.4, -0.2) is 24.8 Å². The lowest BCUT2D eigenvalue weighted by molar-refractivity contribution is 0.203. The smallest absolute Gasteiger partial charge is 0.101 e. The van der Waals surface area contributed by atoms with Crippen LogP contribution in [0.1, 0.15) is 24.0 Å². The van der Waals surface area contributed by atoms with E-state index in [0.29, 0.717) is 29.7 Å². The summed E-state index contributed by atoms with van der Waals surface area (Å²) in [6.07, 6.45) is 2.10. The number of aliphatic hydroxyl groups excluding tert-OH is 1. The monoisotopic (exact) mass is 355 g/mol. The summed E-state index contributed by atoms with van der Waals surface area (Å²) in [4.78, 5) is 2.37. The molecule has 1 fully saturated rings. The highest BCUT2D eigenvalue weighted by atomic mass is 35.5. The third-order valence-corrected chi connectivity index (χ3v) is 4.99. The maximum absolute atomic E-state index is 9.24. The number of benzene rings is 2. The zero-order chi connectivity index (χ0) is 17.6. The van der Waals surface area contributed by atoms with E-state index in [1.165, 1.54) is 5.69 Å². The first-order chi connectivity index (χ1) is 12.2. The minimum absolute atomic E-state index is 0.299. The number of aliphatic hydroxyl groups is 1. The van der Waals surface area contributed by atoms with Crippen LogP contribution in [-0.2, 0) is 6.54 Å². The summed E-state index contributed by atoms with van der Waals surface area (Å²) in [5.41, 5.74) is 3.73. The van der Waals surface area contributed by atoms with E-state index in [1.54, 1.807) is 12.1 Å². The Hall–Kier alpha value is -2.22. The molecule has 130 valence electrons. The van der Waals surface area contributed by atoms with Crippen LogP contribution >= 0.6 is 11.6 Å². The molecule has 1 saturated heterocycles. The molecule has 0 aliphatic carbocycles. The second-order valence-electron chi connectivity index (χ2n) is 6.43. The fourth-order valence-corrected chi connectivity index (χ4v) is 3.33. The first-order valence-corrected chi connectivity index (χ1v) is 8.95. The molecule has 0 saturated carbocycles. The summed E-state index contributed by atoms with van der Waals surface area (Å²) in [5.74, 6) is 0.452. The van der Waals surface area contributed by atoms with Crippen molar-refractivity contribution in [2.45, 2.75) is 19.4 Å². The lowest BCUT2D eigenvalue weighted by Gasteiger charge is -2.33. The highest BCUT2D eigenvalue weighted by molar-refractivity contribution is 6.30. The topological polar surface area (TPSA) is 59.3 Å². The molecule has 0 spiro atoms. The van der Waals surface area contributed by atoms with E-state index in [0.717, 1.165) is 37.2 Å². The molecule has 5 heteroatoms. The fourth-order valence-electron chi connectivity index (χ4n) is 3.16. The molecule has 0 amide bonds. The Morgan fingerprint density at radius 3 is 2.52 bits per heavy atom. The first kappa shape index (κ1) is 17.6. The van der Waals surface area contributed by atoms with E-state index in [4.69, 9.17) is 11.6 Å². The lowest BCUT2D eigenvalue weighted by Crippen LogP contribution is -2.34. The van der Waals surface area contributed by atoms with Gasteiger partial charge in [0.1, 0.15) is 6.07 Å². The molecule has 3 rings (SSSR count). The highest BCUT2D eigenvalue weighted by Crippen LogP contribution is 2.24. The third-order valence-electron chi connectivity index (χ3n) is 4.76. The van der Waals surface area contributed by atoms with Gasteiger partial charge in [-0.15, -0.1) is 0 Å². The van der Waals surface area contributed by atoms with E-state index in [1.807, 2.05) is 6.07 Å². The standard InChI is InChI=1S/C20H22ClN3O/c21-18-3-6-20(17(11-18)12-22)23-13-15-1-4-19(5-2-15)24-9-7-16(14-25)8-10-24/h1-6,11,16,23,25H,7-10,13-14H2. The molecule has 2 aromatic carbocycles. The number of rotatable bonds is 5. The van der Waals surface area contributed by atoms with Crippen molar-refractivity contribution < 1.29 is 5.11 Å². The van der Waals surface area contributed by atoms with Gasteiger partial charge < -0.3 is 15.3 Å². The Morgan fingerprint density at radius 1 is 1.16 bits per heavy atom. The lowest BCUT2D eigenvalue weighted by atomic mass is 9.97. The zero-order valence-corrected chi connectivity index (χ0v) is 14.8. The molecule has 4 nitrogen and oxygen atoms in total. The van der Waals surface area contributed by atoms with Crippen LogP contribution in [0.2, 0.25) is 5.02 Å². The van der Waals surface area contributed by atoms with Crippen LogP contribution in [0, 0.1) is 17.2 Å². The molecule has 1 aliphatic heterocycles. The van der Waals surface area contributed by atoms with Crippen molar-refractivity contribution in [3.05, 3.63) is 58.6 Å². The number of hydrogen-bond donors (Lipinski definition) is 2. The molecule has 2 N–H and O–H groups in total. The van der Waals surface area contributed by atoms with Crippen LogP contribution in [0.4, 0.5) is 11.4 Å². The maximum Gasteiger partial charge on any atom is 0.101 e. The van der Waals surface area contributed by atoms with E-state index < -0.39 is 0 Å². The molecule has 2 aromatic rings. The van der Waals surface area contributed by atoms with Gasteiger partial charge in [0, 0.05) is 37.0 Å².